The minimum absolute atomic E-state index is 0.0211. The summed E-state index contributed by atoms with van der Waals surface area (Å²) in [4.78, 5) is 38.5. The third kappa shape index (κ3) is 4.35. The molecule has 2 aliphatic carbocycles. The fourth-order valence-electron chi connectivity index (χ4n) is 4.63. The first-order valence-corrected chi connectivity index (χ1v) is 10.8. The average Bonchev–Trinajstić information content (AvgIpc) is 3.39. The summed E-state index contributed by atoms with van der Waals surface area (Å²) in [5, 5.41) is 12.4. The first-order chi connectivity index (χ1) is 15.1. The molecule has 172 valence electrons. The van der Waals surface area contributed by atoms with Crippen LogP contribution in [0.1, 0.15) is 60.5 Å². The summed E-state index contributed by atoms with van der Waals surface area (Å²) >= 11 is 0. The number of alkyl halides is 3. The lowest BCUT2D eigenvalue weighted by Gasteiger charge is -2.38. The van der Waals surface area contributed by atoms with Gasteiger partial charge in [0, 0.05) is 29.6 Å². The van der Waals surface area contributed by atoms with Crippen LogP contribution in [0.2, 0.25) is 0 Å². The fraction of sp³-hybridized carbons (Fsp3) is 0.545. The molecule has 10 heteroatoms. The van der Waals surface area contributed by atoms with Gasteiger partial charge in [0.25, 0.3) is 5.91 Å². The Bertz CT molecular complexity index is 978. The van der Waals surface area contributed by atoms with Gasteiger partial charge in [0.15, 0.2) is 0 Å². The van der Waals surface area contributed by atoms with E-state index in [-0.39, 0.29) is 35.4 Å². The van der Waals surface area contributed by atoms with Gasteiger partial charge in [-0.1, -0.05) is 31.9 Å². The van der Waals surface area contributed by atoms with Crippen LogP contribution < -0.4 is 10.6 Å². The molecule has 1 aromatic rings. The second-order valence-corrected chi connectivity index (χ2v) is 8.92. The van der Waals surface area contributed by atoms with Gasteiger partial charge < -0.3 is 15.5 Å². The molecular formula is C22H25F3N4O3. The Balaban J connectivity index is 1.48. The van der Waals surface area contributed by atoms with Crippen LogP contribution in [0.25, 0.3) is 0 Å². The number of nitrogens with zero attached hydrogens (tertiary/aromatic N) is 1. The van der Waals surface area contributed by atoms with Crippen molar-refractivity contribution in [2.24, 2.45) is 11.8 Å². The zero-order chi connectivity index (χ0) is 23.2. The Hall–Kier alpha value is -2.91. The topological polar surface area (TPSA) is 102 Å². The number of amides is 3. The van der Waals surface area contributed by atoms with E-state index in [9.17, 15) is 27.6 Å². The molecule has 1 aromatic carbocycles. The van der Waals surface area contributed by atoms with Gasteiger partial charge >= 0.3 is 12.1 Å². The maximum atomic E-state index is 13.2. The Morgan fingerprint density at radius 3 is 2.53 bits per heavy atom. The van der Waals surface area contributed by atoms with Crippen molar-refractivity contribution in [3.8, 4) is 0 Å². The van der Waals surface area contributed by atoms with Gasteiger partial charge in [0.05, 0.1) is 6.04 Å². The van der Waals surface area contributed by atoms with Crippen molar-refractivity contribution in [1.82, 2.24) is 15.5 Å². The minimum atomic E-state index is -5.10. The molecular weight excluding hydrogens is 425 g/mol. The van der Waals surface area contributed by atoms with E-state index in [1.54, 1.807) is 11.0 Å². The highest BCUT2D eigenvalue weighted by molar-refractivity contribution is 6.09. The van der Waals surface area contributed by atoms with Crippen molar-refractivity contribution in [2.45, 2.75) is 63.8 Å². The van der Waals surface area contributed by atoms with Crippen LogP contribution in [0.3, 0.4) is 0 Å². The average molecular weight is 450 g/mol. The molecule has 3 amide bonds. The quantitative estimate of drug-likeness (QED) is 0.486. The Morgan fingerprint density at radius 2 is 1.88 bits per heavy atom. The second kappa shape index (κ2) is 8.22. The van der Waals surface area contributed by atoms with Crippen LogP contribution in [-0.2, 0) is 16.1 Å². The lowest BCUT2D eigenvalue weighted by atomic mass is 9.89. The third-order valence-electron chi connectivity index (χ3n) is 6.63. The number of benzene rings is 1. The zero-order valence-corrected chi connectivity index (χ0v) is 17.6. The Morgan fingerprint density at radius 1 is 1.19 bits per heavy atom. The molecule has 4 unspecified atom stereocenters. The highest BCUT2D eigenvalue weighted by atomic mass is 19.4. The van der Waals surface area contributed by atoms with Gasteiger partial charge in [-0.05, 0) is 36.8 Å². The lowest BCUT2D eigenvalue weighted by Crippen LogP contribution is -2.53. The van der Waals surface area contributed by atoms with E-state index in [0.29, 0.717) is 23.6 Å². The van der Waals surface area contributed by atoms with Crippen LogP contribution in [-0.4, -0.2) is 46.7 Å². The molecule has 0 saturated heterocycles. The predicted molar refractivity (Wildman–Crippen MR) is 109 cm³/mol. The summed E-state index contributed by atoms with van der Waals surface area (Å²) in [6.45, 7) is 2.38. The number of rotatable bonds is 4. The van der Waals surface area contributed by atoms with Gasteiger partial charge in [-0.15, -0.1) is 0 Å². The number of amidine groups is 1. The molecule has 32 heavy (non-hydrogen) atoms. The second-order valence-electron chi connectivity index (χ2n) is 8.92. The summed E-state index contributed by atoms with van der Waals surface area (Å²) in [7, 11) is 0. The first-order valence-electron chi connectivity index (χ1n) is 10.8. The SMILES string of the molecule is CC1CC1C(=O)NC1CCCCC1N1Cc2ccc(C(=N)NC(=O)C(F)(F)F)cc2C1=O. The van der Waals surface area contributed by atoms with Gasteiger partial charge in [-0.25, -0.2) is 0 Å². The zero-order valence-electron chi connectivity index (χ0n) is 17.6. The largest absolute Gasteiger partial charge is 0.471 e. The van der Waals surface area contributed by atoms with Crippen molar-refractivity contribution >= 4 is 23.6 Å². The van der Waals surface area contributed by atoms with Crippen molar-refractivity contribution in [1.29, 1.82) is 5.41 Å². The normalized spacial score (nSPS) is 27.0. The standard InChI is InChI=1S/C22H25F3N4O3/c1-11-8-14(11)19(30)27-16-4-2-3-5-17(16)29-10-13-7-6-12(9-15(13)20(29)31)18(26)28-21(32)22(23,24)25/h6-7,9,11,14,16-17H,2-5,8,10H2,1H3,(H,27,30)(H2,26,28,32). The summed E-state index contributed by atoms with van der Waals surface area (Å²) < 4.78 is 37.4. The molecule has 7 nitrogen and oxygen atoms in total. The molecule has 2 fully saturated rings. The van der Waals surface area contributed by atoms with Gasteiger partial charge in [0.1, 0.15) is 5.84 Å². The first kappa shape index (κ1) is 22.3. The number of carbonyl (C=O) groups excluding carboxylic acids is 3. The molecule has 4 atom stereocenters. The maximum Gasteiger partial charge on any atom is 0.471 e. The summed E-state index contributed by atoms with van der Waals surface area (Å²) in [6, 6.07) is 4.07. The summed E-state index contributed by atoms with van der Waals surface area (Å²) in [5.74, 6) is -2.76. The molecule has 1 heterocycles. The van der Waals surface area contributed by atoms with E-state index in [0.717, 1.165) is 32.1 Å². The minimum Gasteiger partial charge on any atom is -0.351 e. The van der Waals surface area contributed by atoms with Gasteiger partial charge in [-0.3, -0.25) is 19.8 Å². The van der Waals surface area contributed by atoms with Gasteiger partial charge in [0.2, 0.25) is 5.91 Å². The van der Waals surface area contributed by atoms with E-state index in [2.05, 4.69) is 5.32 Å². The van der Waals surface area contributed by atoms with Crippen molar-refractivity contribution < 1.29 is 27.6 Å². The molecule has 3 N–H and O–H groups in total. The smallest absolute Gasteiger partial charge is 0.351 e. The number of halogens is 3. The Kier molecular flexibility index (Phi) is 5.72. The van der Waals surface area contributed by atoms with E-state index in [1.807, 2.05) is 6.92 Å². The number of hydrogen-bond donors (Lipinski definition) is 3. The van der Waals surface area contributed by atoms with E-state index < -0.39 is 17.9 Å². The number of hydrogen-bond acceptors (Lipinski definition) is 4. The van der Waals surface area contributed by atoms with E-state index in [4.69, 9.17) is 5.41 Å². The Labute approximate surface area is 183 Å². The molecule has 0 spiro atoms. The summed E-state index contributed by atoms with van der Waals surface area (Å²) in [5.41, 5.74) is 1.04. The molecule has 4 rings (SSSR count). The van der Waals surface area contributed by atoms with Crippen molar-refractivity contribution in [3.05, 3.63) is 34.9 Å². The number of fused-ring (bicyclic) bond motifs is 1. The molecule has 2 saturated carbocycles. The highest BCUT2D eigenvalue weighted by Crippen LogP contribution is 2.38. The number of carbonyl (C=O) groups is 3. The highest BCUT2D eigenvalue weighted by Gasteiger charge is 2.43. The van der Waals surface area contributed by atoms with E-state index in [1.165, 1.54) is 17.4 Å². The molecule has 1 aliphatic heterocycles. The molecule has 3 aliphatic rings. The van der Waals surface area contributed by atoms with Crippen molar-refractivity contribution in [3.63, 3.8) is 0 Å². The third-order valence-corrected chi connectivity index (χ3v) is 6.63. The van der Waals surface area contributed by atoms with Crippen LogP contribution in [0.5, 0.6) is 0 Å². The van der Waals surface area contributed by atoms with Crippen LogP contribution in [0.4, 0.5) is 13.2 Å². The number of nitrogens with one attached hydrogen (secondary N) is 3. The monoisotopic (exact) mass is 450 g/mol. The molecule has 0 bridgehead atoms. The summed E-state index contributed by atoms with van der Waals surface area (Å²) in [6.07, 6.45) is -0.759. The van der Waals surface area contributed by atoms with Gasteiger partial charge in [-0.2, -0.15) is 13.2 Å². The van der Waals surface area contributed by atoms with E-state index >= 15 is 0 Å². The van der Waals surface area contributed by atoms with Crippen molar-refractivity contribution in [2.75, 3.05) is 0 Å². The maximum absolute atomic E-state index is 13.2. The fourth-order valence-corrected chi connectivity index (χ4v) is 4.63. The predicted octanol–water partition coefficient (Wildman–Crippen LogP) is 2.73. The molecule has 0 radical (unpaired) electrons. The lowest BCUT2D eigenvalue weighted by molar-refractivity contribution is -0.171. The van der Waals surface area contributed by atoms with Crippen LogP contribution in [0, 0.1) is 17.2 Å². The van der Waals surface area contributed by atoms with Crippen LogP contribution in [0.15, 0.2) is 18.2 Å². The van der Waals surface area contributed by atoms with Crippen LogP contribution >= 0.6 is 0 Å². The molecule has 0 aromatic heterocycles.